The van der Waals surface area contributed by atoms with E-state index in [1.54, 1.807) is 80.6 Å². The van der Waals surface area contributed by atoms with Gasteiger partial charge in [0.05, 0.1) is 71.3 Å². The van der Waals surface area contributed by atoms with Crippen LogP contribution in [0, 0.1) is 75.6 Å². The van der Waals surface area contributed by atoms with E-state index in [1.165, 1.54) is 110 Å². The van der Waals surface area contributed by atoms with Crippen molar-refractivity contribution < 1.29 is 73.4 Å². The van der Waals surface area contributed by atoms with Crippen LogP contribution in [0.5, 0.6) is 23.0 Å². The van der Waals surface area contributed by atoms with Crippen LogP contribution in [0.15, 0.2) is 218 Å². The van der Waals surface area contributed by atoms with Crippen molar-refractivity contribution in [3.05, 3.63) is 305 Å². The van der Waals surface area contributed by atoms with E-state index in [9.17, 15) is 54.0 Å². The highest BCUT2D eigenvalue weighted by molar-refractivity contribution is 9.69. The Labute approximate surface area is 888 Å². The van der Waals surface area contributed by atoms with Crippen LogP contribution in [0.4, 0.5) is 15.8 Å². The van der Waals surface area contributed by atoms with E-state index < -0.39 is 20.7 Å². The number of Topliss-reactive ketones (excluding diaryl/α,β-unsaturated/α-hetero) is 4. The zero-order valence-electron chi connectivity index (χ0n) is 87.3. The number of ketones is 4. The number of phenolic OH excluding ortho intramolecular Hbond substituents is 3. The summed E-state index contributed by atoms with van der Waals surface area (Å²) in [6.07, 6.45) is 3.08. The number of halogens is 6. The van der Waals surface area contributed by atoms with Crippen LogP contribution in [-0.4, -0.2) is 192 Å². The maximum Gasteiger partial charge on any atom is 0.569 e. The van der Waals surface area contributed by atoms with Gasteiger partial charge in [0.1, 0.15) is 23.0 Å². The van der Waals surface area contributed by atoms with Crippen LogP contribution < -0.4 is 4.65 Å². The van der Waals surface area contributed by atoms with E-state index in [-0.39, 0.29) is 76.3 Å². The zero-order chi connectivity index (χ0) is 108. The number of H-pyrrole nitrogens is 1. The standard InChI is InChI=1S/C23H28N2O2.C21H24N2O4.C19H24N2.C14H13NO2.C14H13N.C6H6BO3.C6H5NO2.C6H15O3P.CH2Cl2.CH3F.BBr3/c1-14-10-22-20(12-18(14)16(3)26)21-13-19(17(4)27)15(2)11-23(21)25(22)9-7-8-24(5)6;1-12(24)14-8-16-17-9-15(13(2)25)21(27)11-19(17)23(7-5-6-22(3)4)18(16)10-20(14)26;1-14-6-8-16-17-9-7-15(2)13-19(17)21(18(16)12-14)11-5-10-20(3)4;1-10-3-6-12(7-4-10)13-8-5-11(2)9-14(13)15(16)17;1-9-3-5-11-12-6-4-10(2)8-14(12)15-13(11)7-9;8-5-1-3-6(4-2-5)10-7-9;8-7(9)6-4-2-1-3-5-6;1-4-7-10(8-5-2)9-6-3;2-1-3;1-2;2-1(3)4/h10-13H,7-9H2,1-6H3;8-11,26-27H,5-7H2,1-4H3;6-9,12-13H,5,10-11H2,1-4H3;3-9H,1-2H3;3-8,15H,1-2H3;1-4,8-9H;1-5H;4-6H2,1-3H3;1H2;1H3;/i;;;;;;;;;1D;. The number of benzene rings is 12. The van der Waals surface area contributed by atoms with Crippen LogP contribution in [0.1, 0.15) is 155 Å². The van der Waals surface area contributed by atoms with Gasteiger partial charge in [-0.15, -0.1) is 70.5 Å². The summed E-state index contributed by atoms with van der Waals surface area (Å²) in [6, 6.07) is 68.4. The van der Waals surface area contributed by atoms with Crippen molar-refractivity contribution in [3.63, 3.8) is 0 Å². The highest BCUT2D eigenvalue weighted by Gasteiger charge is 2.23. The number of nitro benzene ring substituents is 2. The first-order chi connectivity index (χ1) is 69.3. The topological polar surface area (TPSA) is 313 Å². The fourth-order valence-electron chi connectivity index (χ4n) is 16.0. The van der Waals surface area contributed by atoms with E-state index >= 15 is 0 Å². The lowest BCUT2D eigenvalue weighted by Crippen LogP contribution is -2.15. The third-order valence-electron chi connectivity index (χ3n) is 22.6. The summed E-state index contributed by atoms with van der Waals surface area (Å²) in [7, 11) is 11.0. The molecule has 0 saturated heterocycles. The molecule has 0 bridgehead atoms. The zero-order valence-corrected chi connectivity index (χ0v) is 93.5. The number of nitro groups is 2. The van der Waals surface area contributed by atoms with Crippen molar-refractivity contribution in [2.75, 3.05) is 94.2 Å². The van der Waals surface area contributed by atoms with Crippen LogP contribution >= 0.6 is 79.1 Å². The Morgan fingerprint density at radius 3 is 1.09 bits per heavy atom. The number of non-ortho nitro benzene ring substituents is 1. The number of nitrogens with one attached hydrogen (secondary N) is 1. The summed E-state index contributed by atoms with van der Waals surface area (Å²) in [5, 5.41) is 67.8. The molecule has 0 fully saturated rings. The maximum absolute atomic E-state index is 12.1. The third-order valence-corrected chi connectivity index (χ3v) is 24.0. The van der Waals surface area contributed by atoms with Gasteiger partial charge in [0, 0.05) is 137 Å². The van der Waals surface area contributed by atoms with Crippen LogP contribution in [0.3, 0.4) is 0 Å². The number of aryl methyl sites for hydroxylation is 11. The first kappa shape index (κ1) is 121. The largest absolute Gasteiger partial charge is 0.569 e. The van der Waals surface area contributed by atoms with Crippen LogP contribution in [-0.2, 0) is 33.2 Å². The number of rotatable bonds is 27. The Morgan fingerprint density at radius 1 is 0.448 bits per heavy atom. The molecule has 34 heteroatoms. The highest BCUT2D eigenvalue weighted by Crippen LogP contribution is 2.42. The fourth-order valence-corrected chi connectivity index (χ4v) is 16.9. The Bertz CT molecular complexity index is 6560. The summed E-state index contributed by atoms with van der Waals surface area (Å²) in [6.45, 7) is 35.8. The Hall–Kier alpha value is -11.3. The molecule has 16 aromatic rings. The molecule has 25 nitrogen and oxygen atoms in total. The number of phenols is 3. The molecule has 1 radical (unpaired) electrons. The van der Waals surface area contributed by atoms with E-state index in [0.29, 0.717) is 45.4 Å². The number of carbonyl (C=O) groups is 4. The predicted octanol–water partition coefficient (Wildman–Crippen LogP) is 28.9. The molecule has 0 amide bonds. The quantitative estimate of drug-likeness (QED) is 0.00797. The summed E-state index contributed by atoms with van der Waals surface area (Å²) in [5.41, 5.74) is 22.1. The Morgan fingerprint density at radius 2 is 0.766 bits per heavy atom. The van der Waals surface area contributed by atoms with Gasteiger partial charge in [-0.05, 0) is 321 Å². The number of hydrogen-bond donors (Lipinski definition) is 5. The normalized spacial score (nSPS) is 10.8. The van der Waals surface area contributed by atoms with Crippen molar-refractivity contribution >= 4 is 212 Å². The molecule has 0 aliphatic rings. The van der Waals surface area contributed by atoms with Gasteiger partial charge in [0.2, 0.25) is 0 Å². The van der Waals surface area contributed by atoms with Gasteiger partial charge in [0.15, 0.2) is 23.1 Å². The van der Waals surface area contributed by atoms with E-state index in [2.05, 4.69) is 222 Å². The van der Waals surface area contributed by atoms with Gasteiger partial charge >= 0.3 is 19.5 Å². The number of fused-ring (bicyclic) bond motifs is 12. The molecule has 0 aliphatic carbocycles. The molecule has 0 aliphatic heterocycles. The number of alkyl halides is 3. The fraction of sp³-hybridized carbons (Fsp3) is 0.315. The second-order valence-corrected chi connectivity index (χ2v) is 43.3. The number of carbonyl (C=O) groups excluding carboxylic acids is 4. The van der Waals surface area contributed by atoms with Crippen molar-refractivity contribution in [2.45, 2.75) is 143 Å². The van der Waals surface area contributed by atoms with Gasteiger partial charge in [-0.3, -0.25) is 43.8 Å². The molecular formula is C111H133B2Br3Cl2FN9O16P. The first-order valence-electron chi connectivity index (χ1n) is 47.6. The number of para-hydroxylation sites is 1. The lowest BCUT2D eigenvalue weighted by molar-refractivity contribution is -0.384. The average molecular weight is 2230 g/mol. The molecule has 12 aromatic carbocycles. The molecule has 0 unspecified atom stereocenters. The molecule has 771 valence electrons. The molecule has 4 heterocycles. The summed E-state index contributed by atoms with van der Waals surface area (Å²) in [4.78, 5) is 78.1. The van der Waals surface area contributed by atoms with Gasteiger partial charge in [0.25, 0.3) is 11.4 Å². The smallest absolute Gasteiger partial charge is 0.537 e. The average Bonchev–Trinajstić information content (AvgIpc) is 1.60. The lowest BCUT2D eigenvalue weighted by Gasteiger charge is -2.12. The van der Waals surface area contributed by atoms with Crippen molar-refractivity contribution in [1.29, 1.82) is 0 Å². The minimum Gasteiger partial charge on any atom is -0.537 e. The minimum atomic E-state index is -1.06. The minimum absolute atomic E-state index is 0.0670. The molecule has 16 rings (SSSR count). The van der Waals surface area contributed by atoms with Crippen molar-refractivity contribution in [3.8, 4) is 34.1 Å². The summed E-state index contributed by atoms with van der Waals surface area (Å²) < 4.78 is 42.6. The number of aromatic hydroxyl groups is 3. The molecule has 0 saturated carbocycles. The van der Waals surface area contributed by atoms with Crippen LogP contribution in [0.25, 0.3) is 98.4 Å². The molecular weight excluding hydrogens is 2100 g/mol. The second kappa shape index (κ2) is 61.4. The molecule has 4 aromatic heterocycles. The van der Waals surface area contributed by atoms with Gasteiger partial charge in [-0.1, -0.05) is 103 Å². The lowest BCUT2D eigenvalue weighted by atomic mass is 9.99. The Kier molecular flexibility index (Phi) is 51.1. The molecule has 0 atom stereocenters. The SMILES string of the molecule is BrB(Br)Br.CC(=O)c1cc2c3cc(C(C)=O)c(C)cc3n(CCCN(C)C)c2cc1C.CC(=O)c1cc2c3cc(C(C)=O)c(O)cc3n(CCCN(C)C)c2cc1O.CCOP(OCC)OCC.Cc1ccc(-c2ccc(C)cc2[N+](=O)[O-])cc1.Cc1ccc2c(c1)[nH]c1cc(C)ccc12.Cc1ccc2c3ccc(C)cc3n(CCCN(C)C)c2c1.ClCCl.O=[N+]([O-])c1ccccc1.O[B]Oc1ccc(O)cc1.[2H]CF. The second-order valence-electron chi connectivity index (χ2n) is 34.8. The first-order valence-corrected chi connectivity index (χ1v) is 51.8. The number of aromatic amines is 1. The van der Waals surface area contributed by atoms with E-state index in [1.807, 2.05) is 110 Å². The summed E-state index contributed by atoms with van der Waals surface area (Å²) in [5.74, 6) is 0.210. The highest BCUT2D eigenvalue weighted by atomic mass is 79.9. The number of aromatic nitrogens is 4. The van der Waals surface area contributed by atoms with E-state index in [4.69, 9.17) is 48.3 Å². The summed E-state index contributed by atoms with van der Waals surface area (Å²) >= 11 is 18.8. The van der Waals surface area contributed by atoms with Crippen LogP contribution in [0.2, 0.25) is 0 Å². The molecule has 145 heavy (non-hydrogen) atoms. The van der Waals surface area contributed by atoms with Gasteiger partial charge in [-0.2, -0.15) is 0 Å². The maximum atomic E-state index is 12.1. The van der Waals surface area contributed by atoms with E-state index in [0.717, 1.165) is 128 Å². The molecule has 5 N–H and O–H groups in total. The van der Waals surface area contributed by atoms with Crippen molar-refractivity contribution in [1.82, 2.24) is 33.4 Å². The number of nitrogens with zero attached hydrogens (tertiary/aromatic N) is 8. The Balaban J connectivity index is 0.000000258. The van der Waals surface area contributed by atoms with Gasteiger partial charge < -0.3 is 72.0 Å². The van der Waals surface area contributed by atoms with Crippen molar-refractivity contribution in [2.24, 2.45) is 0 Å². The monoisotopic (exact) mass is 2230 g/mol. The predicted molar refractivity (Wildman–Crippen MR) is 611 cm³/mol. The van der Waals surface area contributed by atoms with Gasteiger partial charge in [-0.25, -0.2) is 0 Å². The third kappa shape index (κ3) is 37.0. The number of hydrogen-bond acceptors (Lipinski definition) is 19. The molecule has 0 spiro atoms.